The number of fused-ring (bicyclic) bond motifs is 1. The predicted molar refractivity (Wildman–Crippen MR) is 71.2 cm³/mol. The summed E-state index contributed by atoms with van der Waals surface area (Å²) in [6, 6.07) is 0. The number of Topliss-reactive ketones (excluding diaryl/α,β-unsaturated/α-hetero) is 1. The zero-order chi connectivity index (χ0) is 11.1. The number of halogens is 1. The van der Waals surface area contributed by atoms with E-state index in [4.69, 9.17) is 0 Å². The molecule has 0 N–H and O–H groups in total. The number of rotatable bonds is 1. The van der Waals surface area contributed by atoms with Gasteiger partial charge in [0, 0.05) is 17.3 Å². The molecule has 0 aromatic rings. The Morgan fingerprint density at radius 2 is 2.07 bits per heavy atom. The summed E-state index contributed by atoms with van der Waals surface area (Å²) in [5, 5.41) is 0. The van der Waals surface area contributed by atoms with Crippen LogP contribution < -0.4 is 0 Å². The number of hydrogen-bond acceptors (Lipinski definition) is 1. The molecule has 0 spiro atoms. The number of carbonyl (C=O) groups excluding carboxylic acids is 1. The normalized spacial score (nSPS) is 39.9. The van der Waals surface area contributed by atoms with Crippen molar-refractivity contribution in [3.8, 4) is 0 Å². The van der Waals surface area contributed by atoms with Gasteiger partial charge in [0.1, 0.15) is 5.78 Å². The van der Waals surface area contributed by atoms with Crippen LogP contribution in [-0.2, 0) is 4.79 Å². The number of alkyl halides is 1. The van der Waals surface area contributed by atoms with Gasteiger partial charge in [-0.25, -0.2) is 0 Å². The van der Waals surface area contributed by atoms with Gasteiger partial charge < -0.3 is 0 Å². The Labute approximate surface area is 107 Å². The maximum absolute atomic E-state index is 11.6. The quantitative estimate of drug-likeness (QED) is 0.530. The minimum atomic E-state index is 0.389. The van der Waals surface area contributed by atoms with Gasteiger partial charge in [0.25, 0.3) is 0 Å². The first-order valence-corrected chi connectivity index (χ1v) is 7.66. The largest absolute Gasteiger partial charge is 0.300 e. The molecule has 2 aliphatic rings. The van der Waals surface area contributed by atoms with Crippen LogP contribution in [0, 0.1) is 23.2 Å². The lowest BCUT2D eigenvalue weighted by Gasteiger charge is -2.50. The van der Waals surface area contributed by atoms with E-state index >= 15 is 0 Å². The summed E-state index contributed by atoms with van der Waals surface area (Å²) in [6.07, 6.45) is 5.64. The molecule has 0 saturated heterocycles. The van der Waals surface area contributed by atoms with Crippen molar-refractivity contribution in [3.05, 3.63) is 0 Å². The van der Waals surface area contributed by atoms with Crippen molar-refractivity contribution in [1.82, 2.24) is 0 Å². The molecule has 3 atom stereocenters. The molecule has 86 valence electrons. The zero-order valence-electron chi connectivity index (χ0n) is 9.76. The van der Waals surface area contributed by atoms with Crippen molar-refractivity contribution in [1.29, 1.82) is 0 Å². The van der Waals surface area contributed by atoms with Crippen molar-refractivity contribution >= 4 is 28.4 Å². The van der Waals surface area contributed by atoms with Crippen LogP contribution in [0.25, 0.3) is 0 Å². The molecule has 2 saturated carbocycles. The lowest BCUT2D eigenvalue weighted by atomic mass is 9.55. The molecule has 0 heterocycles. The van der Waals surface area contributed by atoms with Crippen LogP contribution in [0.2, 0.25) is 0 Å². The van der Waals surface area contributed by atoms with E-state index in [0.717, 1.165) is 24.7 Å². The summed E-state index contributed by atoms with van der Waals surface area (Å²) in [7, 11) is 0. The van der Waals surface area contributed by atoms with Gasteiger partial charge in [0.05, 0.1) is 0 Å². The summed E-state index contributed by atoms with van der Waals surface area (Å²) in [6.45, 7) is 4.79. The van der Waals surface area contributed by atoms with E-state index in [2.05, 4.69) is 36.4 Å². The van der Waals surface area contributed by atoms with E-state index in [1.54, 1.807) is 0 Å². The minimum absolute atomic E-state index is 0.389. The number of carbonyl (C=O) groups is 1. The summed E-state index contributed by atoms with van der Waals surface area (Å²) >= 11 is 2.52. The van der Waals surface area contributed by atoms with Crippen molar-refractivity contribution in [3.63, 3.8) is 0 Å². The highest BCUT2D eigenvalue weighted by atomic mass is 127. The molecule has 1 nitrogen and oxygen atoms in total. The Balaban J connectivity index is 2.18. The first-order valence-electron chi connectivity index (χ1n) is 6.13. The second-order valence-electron chi connectivity index (χ2n) is 5.90. The molecule has 2 aliphatic carbocycles. The van der Waals surface area contributed by atoms with Gasteiger partial charge in [0.2, 0.25) is 0 Å². The van der Waals surface area contributed by atoms with E-state index in [-0.39, 0.29) is 0 Å². The van der Waals surface area contributed by atoms with Crippen LogP contribution in [0.15, 0.2) is 0 Å². The van der Waals surface area contributed by atoms with Crippen molar-refractivity contribution < 1.29 is 4.79 Å². The molecular formula is C13H21IO. The van der Waals surface area contributed by atoms with Gasteiger partial charge in [0.15, 0.2) is 0 Å². The van der Waals surface area contributed by atoms with Crippen LogP contribution in [0.4, 0.5) is 0 Å². The molecule has 2 fully saturated rings. The van der Waals surface area contributed by atoms with Crippen molar-refractivity contribution in [2.24, 2.45) is 23.2 Å². The maximum atomic E-state index is 11.6. The zero-order valence-corrected chi connectivity index (χ0v) is 11.9. The van der Waals surface area contributed by atoms with Gasteiger partial charge >= 0.3 is 0 Å². The van der Waals surface area contributed by atoms with E-state index in [1.165, 1.54) is 23.7 Å². The molecule has 2 rings (SSSR count). The highest BCUT2D eigenvalue weighted by Crippen LogP contribution is 2.53. The Morgan fingerprint density at radius 1 is 1.33 bits per heavy atom. The van der Waals surface area contributed by atoms with E-state index in [0.29, 0.717) is 17.1 Å². The summed E-state index contributed by atoms with van der Waals surface area (Å²) in [5.41, 5.74) is 0.389. The van der Waals surface area contributed by atoms with E-state index < -0.39 is 0 Å². The Hall–Kier alpha value is 0.400. The third-order valence-corrected chi connectivity index (χ3v) is 5.95. The molecule has 0 bridgehead atoms. The molecule has 15 heavy (non-hydrogen) atoms. The molecule has 0 radical (unpaired) electrons. The highest BCUT2D eigenvalue weighted by Gasteiger charge is 2.46. The summed E-state index contributed by atoms with van der Waals surface area (Å²) in [4.78, 5) is 11.6. The van der Waals surface area contributed by atoms with E-state index in [1.807, 2.05) is 0 Å². The van der Waals surface area contributed by atoms with Crippen molar-refractivity contribution in [2.45, 2.75) is 46.0 Å². The average molecular weight is 320 g/mol. The van der Waals surface area contributed by atoms with Crippen LogP contribution >= 0.6 is 22.6 Å². The Bertz CT molecular complexity index is 259. The third kappa shape index (κ3) is 2.11. The molecule has 0 aromatic heterocycles. The molecule has 0 aromatic carbocycles. The van der Waals surface area contributed by atoms with Crippen molar-refractivity contribution in [2.75, 3.05) is 4.43 Å². The van der Waals surface area contributed by atoms with Crippen LogP contribution in [0.1, 0.15) is 46.0 Å². The SMILES string of the molecule is CC1(C)C(CI)CCC2CCC(=O)CC21. The lowest BCUT2D eigenvalue weighted by molar-refractivity contribution is -0.127. The second kappa shape index (κ2) is 4.34. The maximum Gasteiger partial charge on any atom is 0.133 e. The fourth-order valence-electron chi connectivity index (χ4n) is 3.64. The van der Waals surface area contributed by atoms with Gasteiger partial charge in [-0.1, -0.05) is 36.4 Å². The second-order valence-corrected chi connectivity index (χ2v) is 6.78. The predicted octanol–water partition coefficient (Wildman–Crippen LogP) is 3.84. The molecule has 0 aliphatic heterocycles. The van der Waals surface area contributed by atoms with E-state index in [9.17, 15) is 4.79 Å². The van der Waals surface area contributed by atoms with Crippen LogP contribution in [0.3, 0.4) is 0 Å². The van der Waals surface area contributed by atoms with Crippen LogP contribution in [-0.4, -0.2) is 10.2 Å². The molecule has 0 amide bonds. The topological polar surface area (TPSA) is 17.1 Å². The fourth-order valence-corrected chi connectivity index (χ4v) is 5.22. The summed E-state index contributed by atoms with van der Waals surface area (Å²) in [5.74, 6) is 2.85. The minimum Gasteiger partial charge on any atom is -0.300 e. The molecule has 2 heteroatoms. The molecular weight excluding hydrogens is 299 g/mol. The van der Waals surface area contributed by atoms with Gasteiger partial charge in [-0.2, -0.15) is 0 Å². The lowest BCUT2D eigenvalue weighted by Crippen LogP contribution is -2.45. The fraction of sp³-hybridized carbons (Fsp3) is 0.923. The molecule has 3 unspecified atom stereocenters. The first-order chi connectivity index (χ1) is 7.05. The van der Waals surface area contributed by atoms with Crippen LogP contribution in [0.5, 0.6) is 0 Å². The third-order valence-electron chi connectivity index (χ3n) is 4.89. The average Bonchev–Trinajstić information content (AvgIpc) is 2.19. The van der Waals surface area contributed by atoms with Gasteiger partial charge in [-0.05, 0) is 42.4 Å². The standard InChI is InChI=1S/C13H21IO/c1-13(2)10(8-14)5-3-9-4-6-11(15)7-12(9)13/h9-10,12H,3-8H2,1-2H3. The van der Waals surface area contributed by atoms with Gasteiger partial charge in [-0.3, -0.25) is 4.79 Å². The number of hydrogen-bond donors (Lipinski definition) is 0. The monoisotopic (exact) mass is 320 g/mol. The summed E-state index contributed by atoms with van der Waals surface area (Å²) < 4.78 is 1.25. The highest BCUT2D eigenvalue weighted by molar-refractivity contribution is 14.1. The Kier molecular flexibility index (Phi) is 3.44. The Morgan fingerprint density at radius 3 is 2.73 bits per heavy atom. The first kappa shape index (κ1) is 11.9. The van der Waals surface area contributed by atoms with Gasteiger partial charge in [-0.15, -0.1) is 0 Å². The number of ketones is 1. The smallest absolute Gasteiger partial charge is 0.133 e.